The van der Waals surface area contributed by atoms with Gasteiger partial charge >= 0.3 is 7.82 Å². The Morgan fingerprint density at radius 1 is 0.600 bits per heavy atom. The van der Waals surface area contributed by atoms with Crippen LogP contribution in [0.4, 0.5) is 0 Å². The van der Waals surface area contributed by atoms with Crippen molar-refractivity contribution in [3.8, 4) is 0 Å². The van der Waals surface area contributed by atoms with Crippen LogP contribution >= 0.6 is 7.82 Å². The van der Waals surface area contributed by atoms with Crippen LogP contribution in [0, 0.1) is 0 Å². The number of aliphatic hydroxyl groups excluding tert-OH is 1. The summed E-state index contributed by atoms with van der Waals surface area (Å²) in [4.78, 5) is 22.9. The Kier molecular flexibility index (Phi) is 37.4. The van der Waals surface area contributed by atoms with Gasteiger partial charge in [-0.15, -0.1) is 0 Å². The van der Waals surface area contributed by atoms with E-state index in [1.165, 1.54) is 135 Å². The van der Waals surface area contributed by atoms with E-state index in [0.29, 0.717) is 17.4 Å². The van der Waals surface area contributed by atoms with Gasteiger partial charge in [0.25, 0.3) is 0 Å². The summed E-state index contributed by atoms with van der Waals surface area (Å²) >= 11 is 0. The van der Waals surface area contributed by atoms with E-state index < -0.39 is 20.0 Å². The van der Waals surface area contributed by atoms with Gasteiger partial charge in [-0.25, -0.2) is 4.57 Å². The molecule has 1 amide bonds. The van der Waals surface area contributed by atoms with Crippen molar-refractivity contribution in [3.63, 3.8) is 0 Å². The second-order valence-electron chi connectivity index (χ2n) is 16.8. The van der Waals surface area contributed by atoms with E-state index >= 15 is 0 Å². The molecule has 324 valence electrons. The molecule has 55 heavy (non-hydrogen) atoms. The summed E-state index contributed by atoms with van der Waals surface area (Å²) in [6.45, 7) is 4.71. The first-order chi connectivity index (χ1) is 26.5. The summed E-state index contributed by atoms with van der Waals surface area (Å²) in [7, 11) is 1.54. The predicted octanol–water partition coefficient (Wildman–Crippen LogP) is 12.7. The number of aliphatic hydroxyl groups is 1. The quantitative estimate of drug-likeness (QED) is 0.0246. The van der Waals surface area contributed by atoms with Gasteiger partial charge in [-0.1, -0.05) is 185 Å². The maximum absolute atomic E-state index is 12.7. The van der Waals surface area contributed by atoms with Crippen LogP contribution < -0.4 is 5.32 Å². The van der Waals surface area contributed by atoms with Gasteiger partial charge in [0.05, 0.1) is 39.9 Å². The SMILES string of the molecule is CCCCCCCCCCCCCCCCCCC/C=C/CC/C=C/CC/C=C/C(O)C(COP(=O)(O)OCC[N+](C)(C)C)NC(=O)CCCCCCCC. The van der Waals surface area contributed by atoms with Gasteiger partial charge in [-0.3, -0.25) is 13.8 Å². The molecule has 0 aromatic rings. The average Bonchev–Trinajstić information content (AvgIpc) is 3.13. The molecule has 0 spiro atoms. The normalized spacial score (nSPS) is 14.7. The molecule has 3 N–H and O–H groups in total. The van der Waals surface area contributed by atoms with Crippen molar-refractivity contribution in [2.45, 2.75) is 212 Å². The van der Waals surface area contributed by atoms with Gasteiger partial charge in [0.1, 0.15) is 13.2 Å². The van der Waals surface area contributed by atoms with Crippen LogP contribution in [0.2, 0.25) is 0 Å². The smallest absolute Gasteiger partial charge is 0.387 e. The zero-order valence-corrected chi connectivity index (χ0v) is 37.6. The maximum atomic E-state index is 12.7. The van der Waals surface area contributed by atoms with E-state index in [1.54, 1.807) is 6.08 Å². The van der Waals surface area contributed by atoms with Crippen molar-refractivity contribution >= 4 is 13.7 Å². The molecule has 0 radical (unpaired) electrons. The molecular formula is C46H90N2O6P+. The molecule has 0 saturated carbocycles. The number of phosphoric acid groups is 1. The summed E-state index contributed by atoms with van der Waals surface area (Å²) in [6.07, 6.45) is 47.0. The molecular weight excluding hydrogens is 707 g/mol. The Hall–Kier alpha value is -1.28. The van der Waals surface area contributed by atoms with Crippen molar-refractivity contribution in [3.05, 3.63) is 36.5 Å². The highest BCUT2D eigenvalue weighted by atomic mass is 31.2. The molecule has 3 atom stereocenters. The highest BCUT2D eigenvalue weighted by Crippen LogP contribution is 2.43. The number of likely N-dealkylation sites (N-methyl/N-ethyl adjacent to an activating group) is 1. The van der Waals surface area contributed by atoms with Crippen molar-refractivity contribution < 1.29 is 32.9 Å². The van der Waals surface area contributed by atoms with Crippen molar-refractivity contribution in [1.82, 2.24) is 5.32 Å². The molecule has 0 aliphatic carbocycles. The molecule has 0 fully saturated rings. The molecule has 0 aliphatic rings. The van der Waals surface area contributed by atoms with Crippen LogP contribution in [0.5, 0.6) is 0 Å². The van der Waals surface area contributed by atoms with Gasteiger partial charge in [-0.2, -0.15) is 0 Å². The Labute approximate surface area is 340 Å². The number of hydrogen-bond donors (Lipinski definition) is 3. The first-order valence-corrected chi connectivity index (χ1v) is 24.4. The van der Waals surface area contributed by atoms with Gasteiger partial charge < -0.3 is 19.8 Å². The van der Waals surface area contributed by atoms with E-state index in [1.807, 2.05) is 27.2 Å². The monoisotopic (exact) mass is 798 g/mol. The second-order valence-corrected chi connectivity index (χ2v) is 18.2. The second kappa shape index (κ2) is 38.2. The number of rotatable bonds is 41. The number of carbonyl (C=O) groups is 1. The third kappa shape index (κ3) is 40.7. The molecule has 0 aromatic heterocycles. The third-order valence-corrected chi connectivity index (χ3v) is 11.1. The fraction of sp³-hybridized carbons (Fsp3) is 0.848. The number of phosphoric ester groups is 1. The van der Waals surface area contributed by atoms with E-state index in [2.05, 4.69) is 43.5 Å². The minimum atomic E-state index is -4.34. The molecule has 9 heteroatoms. The van der Waals surface area contributed by atoms with Crippen molar-refractivity contribution in [2.75, 3.05) is 40.9 Å². The number of allylic oxidation sites excluding steroid dienone is 5. The number of nitrogens with zero attached hydrogens (tertiary/aromatic N) is 1. The highest BCUT2D eigenvalue weighted by Gasteiger charge is 2.27. The molecule has 0 bridgehead atoms. The standard InChI is InChI=1S/C46H89N2O6P/c1-6-8-10-12-14-15-16-17-18-19-20-21-22-23-24-25-26-27-28-29-30-31-32-33-34-35-37-39-45(49)44(47-46(50)40-38-36-13-11-9-7-2)43-54-55(51,52)53-42-41-48(3,4)5/h28-29,32-33,37,39,44-45,49H,6-27,30-31,34-36,38,40-43H2,1-5H3,(H-,47,50,51,52)/p+1/b29-28+,33-32+,39-37+. The average molecular weight is 798 g/mol. The number of unbranched alkanes of at least 4 members (excludes halogenated alkanes) is 24. The van der Waals surface area contributed by atoms with Gasteiger partial charge in [-0.05, 0) is 44.9 Å². The summed E-state index contributed by atoms with van der Waals surface area (Å²) in [5.41, 5.74) is 0. The predicted molar refractivity (Wildman–Crippen MR) is 235 cm³/mol. The fourth-order valence-electron chi connectivity index (χ4n) is 6.43. The van der Waals surface area contributed by atoms with Crippen LogP contribution in [-0.2, 0) is 18.4 Å². The van der Waals surface area contributed by atoms with E-state index in [9.17, 15) is 19.4 Å². The summed E-state index contributed by atoms with van der Waals surface area (Å²) in [5, 5.41) is 13.7. The molecule has 0 aromatic carbocycles. The molecule has 0 saturated heterocycles. The summed E-state index contributed by atoms with van der Waals surface area (Å²) in [5.74, 6) is -0.201. The first kappa shape index (κ1) is 53.7. The Morgan fingerprint density at radius 3 is 1.45 bits per heavy atom. The topological polar surface area (TPSA) is 105 Å². The Balaban J connectivity index is 4.17. The van der Waals surface area contributed by atoms with Crippen LogP contribution in [0.15, 0.2) is 36.5 Å². The minimum absolute atomic E-state index is 0.0538. The lowest BCUT2D eigenvalue weighted by Gasteiger charge is -2.25. The van der Waals surface area contributed by atoms with Crippen LogP contribution in [-0.4, -0.2) is 73.4 Å². The van der Waals surface area contributed by atoms with E-state index in [0.717, 1.165) is 44.9 Å². The molecule has 0 heterocycles. The maximum Gasteiger partial charge on any atom is 0.472 e. The number of hydrogen-bond acceptors (Lipinski definition) is 5. The molecule has 0 rings (SSSR count). The Bertz CT molecular complexity index is 995. The van der Waals surface area contributed by atoms with Gasteiger partial charge in [0.2, 0.25) is 5.91 Å². The zero-order chi connectivity index (χ0) is 40.7. The number of quaternary nitrogens is 1. The fourth-order valence-corrected chi connectivity index (χ4v) is 7.16. The number of amides is 1. The molecule has 8 nitrogen and oxygen atoms in total. The molecule has 0 aliphatic heterocycles. The lowest BCUT2D eigenvalue weighted by molar-refractivity contribution is -0.870. The van der Waals surface area contributed by atoms with Crippen LogP contribution in [0.25, 0.3) is 0 Å². The minimum Gasteiger partial charge on any atom is -0.387 e. The van der Waals surface area contributed by atoms with Gasteiger partial charge in [0.15, 0.2) is 0 Å². The zero-order valence-electron chi connectivity index (χ0n) is 36.7. The van der Waals surface area contributed by atoms with E-state index in [-0.39, 0.29) is 19.1 Å². The number of carbonyl (C=O) groups excluding carboxylic acids is 1. The van der Waals surface area contributed by atoms with Crippen molar-refractivity contribution in [1.29, 1.82) is 0 Å². The number of nitrogens with one attached hydrogen (secondary N) is 1. The first-order valence-electron chi connectivity index (χ1n) is 22.9. The summed E-state index contributed by atoms with van der Waals surface area (Å²) < 4.78 is 23.4. The van der Waals surface area contributed by atoms with E-state index in [4.69, 9.17) is 9.05 Å². The third-order valence-electron chi connectivity index (χ3n) is 10.1. The van der Waals surface area contributed by atoms with Crippen LogP contribution in [0.3, 0.4) is 0 Å². The van der Waals surface area contributed by atoms with Crippen molar-refractivity contribution in [2.24, 2.45) is 0 Å². The lowest BCUT2D eigenvalue weighted by Crippen LogP contribution is -2.45. The van der Waals surface area contributed by atoms with Crippen LogP contribution in [0.1, 0.15) is 200 Å². The highest BCUT2D eigenvalue weighted by molar-refractivity contribution is 7.47. The largest absolute Gasteiger partial charge is 0.472 e. The lowest BCUT2D eigenvalue weighted by atomic mass is 10.0. The Morgan fingerprint density at radius 2 is 1.00 bits per heavy atom. The van der Waals surface area contributed by atoms with Gasteiger partial charge in [0, 0.05) is 6.42 Å². The summed E-state index contributed by atoms with van der Waals surface area (Å²) in [6, 6.07) is -0.863. The molecule has 3 unspecified atom stereocenters.